The molecule has 0 aliphatic heterocycles. The average Bonchev–Trinajstić information content (AvgIpc) is 2.09. The molecule has 4 N–H and O–H groups in total. The lowest BCUT2D eigenvalue weighted by atomic mass is 10.3. The van der Waals surface area contributed by atoms with Crippen molar-refractivity contribution in [2.45, 2.75) is 0 Å². The fourth-order valence-electron chi connectivity index (χ4n) is 0.697. The summed E-state index contributed by atoms with van der Waals surface area (Å²) in [6.45, 7) is 0. The molecular weight excluding hydrogens is 222 g/mol. The number of benzene rings is 1. The van der Waals surface area contributed by atoms with Crippen LogP contribution in [-0.4, -0.2) is 11.2 Å². The van der Waals surface area contributed by atoms with Gasteiger partial charge in [-0.05, 0) is 28.1 Å². The van der Waals surface area contributed by atoms with E-state index >= 15 is 0 Å². The van der Waals surface area contributed by atoms with E-state index in [0.717, 1.165) is 4.47 Å². The third-order valence-electron chi connectivity index (χ3n) is 1.21. The van der Waals surface area contributed by atoms with E-state index in [0.29, 0.717) is 5.69 Å². The predicted octanol–water partition coefficient (Wildman–Crippen LogP) is 1.37. The van der Waals surface area contributed by atoms with E-state index < -0.39 is 0 Å². The second-order valence-electron chi connectivity index (χ2n) is 2.06. The van der Waals surface area contributed by atoms with E-state index in [-0.39, 0.29) is 5.96 Å². The van der Waals surface area contributed by atoms with Crippen molar-refractivity contribution in [3.63, 3.8) is 0 Å². The number of hydrogen-bond acceptors (Lipinski definition) is 2. The second-order valence-corrected chi connectivity index (χ2v) is 2.91. The lowest BCUT2D eigenvalue weighted by molar-refractivity contribution is 0.233. The molecule has 0 saturated carbocycles. The highest BCUT2D eigenvalue weighted by Gasteiger charge is 1.95. The van der Waals surface area contributed by atoms with Gasteiger partial charge in [0.1, 0.15) is 0 Å². The Morgan fingerprint density at radius 2 is 2.17 bits per heavy atom. The van der Waals surface area contributed by atoms with Gasteiger partial charge in [-0.15, -0.1) is 0 Å². The maximum Gasteiger partial charge on any atom is 0.218 e. The van der Waals surface area contributed by atoms with Gasteiger partial charge in [0.15, 0.2) is 0 Å². The Balaban J connectivity index is 2.96. The van der Waals surface area contributed by atoms with Crippen LogP contribution in [-0.2, 0) is 0 Å². The summed E-state index contributed by atoms with van der Waals surface area (Å²) in [6.07, 6.45) is 0. The van der Waals surface area contributed by atoms with Crippen molar-refractivity contribution in [2.75, 3.05) is 0 Å². The number of hydroxylamine groups is 1. The molecule has 0 atom stereocenters. The van der Waals surface area contributed by atoms with Gasteiger partial charge in [0.05, 0.1) is 5.69 Å². The molecule has 0 bridgehead atoms. The van der Waals surface area contributed by atoms with Crippen LogP contribution in [0.3, 0.4) is 0 Å². The van der Waals surface area contributed by atoms with Gasteiger partial charge in [-0.1, -0.05) is 12.1 Å². The molecule has 0 saturated heterocycles. The molecule has 1 aromatic carbocycles. The molecule has 5 heteroatoms. The van der Waals surface area contributed by atoms with Crippen LogP contribution < -0.4 is 11.2 Å². The van der Waals surface area contributed by atoms with Crippen LogP contribution in [0, 0.1) is 0 Å². The molecule has 12 heavy (non-hydrogen) atoms. The Bertz CT molecular complexity index is 300. The van der Waals surface area contributed by atoms with Gasteiger partial charge in [0, 0.05) is 4.47 Å². The highest BCUT2D eigenvalue weighted by molar-refractivity contribution is 9.10. The number of halogens is 1. The lowest BCUT2D eigenvalue weighted by Gasteiger charge is -1.99. The molecule has 0 heterocycles. The van der Waals surface area contributed by atoms with Crippen molar-refractivity contribution >= 4 is 27.6 Å². The van der Waals surface area contributed by atoms with Gasteiger partial charge in [-0.25, -0.2) is 10.5 Å². The van der Waals surface area contributed by atoms with E-state index in [1.165, 1.54) is 0 Å². The molecule has 0 unspecified atom stereocenters. The summed E-state index contributed by atoms with van der Waals surface area (Å²) in [5, 5.41) is 8.37. The molecule has 0 radical (unpaired) electrons. The number of para-hydroxylation sites is 1. The molecule has 1 rings (SSSR count). The van der Waals surface area contributed by atoms with Crippen LogP contribution in [0.2, 0.25) is 0 Å². The fraction of sp³-hybridized carbons (Fsp3) is 0. The molecule has 0 amide bonds. The van der Waals surface area contributed by atoms with Gasteiger partial charge in [0.2, 0.25) is 5.96 Å². The molecule has 4 nitrogen and oxygen atoms in total. The number of nitrogens with zero attached hydrogens (tertiary/aromatic N) is 1. The van der Waals surface area contributed by atoms with Crippen molar-refractivity contribution in [2.24, 2.45) is 10.7 Å². The van der Waals surface area contributed by atoms with Crippen LogP contribution in [0.4, 0.5) is 5.69 Å². The Morgan fingerprint density at radius 1 is 1.50 bits per heavy atom. The number of guanidine groups is 1. The van der Waals surface area contributed by atoms with Crippen LogP contribution in [0.5, 0.6) is 0 Å². The van der Waals surface area contributed by atoms with Gasteiger partial charge in [-0.3, -0.25) is 5.21 Å². The number of nitrogens with two attached hydrogens (primary N) is 1. The Hall–Kier alpha value is -1.07. The summed E-state index contributed by atoms with van der Waals surface area (Å²) < 4.78 is 0.822. The Morgan fingerprint density at radius 3 is 2.75 bits per heavy atom. The third kappa shape index (κ3) is 2.21. The van der Waals surface area contributed by atoms with Crippen molar-refractivity contribution in [1.29, 1.82) is 0 Å². The van der Waals surface area contributed by atoms with Crippen LogP contribution in [0.1, 0.15) is 0 Å². The summed E-state index contributed by atoms with van der Waals surface area (Å²) in [6, 6.07) is 7.30. The zero-order valence-electron chi connectivity index (χ0n) is 6.16. The zero-order valence-corrected chi connectivity index (χ0v) is 7.75. The molecule has 64 valence electrons. The average molecular weight is 230 g/mol. The maximum absolute atomic E-state index is 8.37. The van der Waals surface area contributed by atoms with Crippen LogP contribution in [0.15, 0.2) is 33.7 Å². The summed E-state index contributed by atoms with van der Waals surface area (Å²) in [7, 11) is 0. The molecule has 0 aliphatic rings. The lowest BCUT2D eigenvalue weighted by Crippen LogP contribution is -2.27. The molecule has 1 aromatic rings. The first-order valence-corrected chi connectivity index (χ1v) is 4.02. The van der Waals surface area contributed by atoms with Gasteiger partial charge in [0.25, 0.3) is 0 Å². The minimum absolute atomic E-state index is 0.0399. The number of rotatable bonds is 1. The van der Waals surface area contributed by atoms with E-state index in [1.54, 1.807) is 11.5 Å². The van der Waals surface area contributed by atoms with Crippen LogP contribution in [0.25, 0.3) is 0 Å². The van der Waals surface area contributed by atoms with Gasteiger partial charge >= 0.3 is 0 Å². The third-order valence-corrected chi connectivity index (χ3v) is 1.88. The normalized spacial score (nSPS) is 11.3. The van der Waals surface area contributed by atoms with Gasteiger partial charge in [-0.2, -0.15) is 0 Å². The van der Waals surface area contributed by atoms with Crippen molar-refractivity contribution in [3.8, 4) is 0 Å². The van der Waals surface area contributed by atoms with Crippen molar-refractivity contribution < 1.29 is 5.21 Å². The van der Waals surface area contributed by atoms with Crippen LogP contribution >= 0.6 is 15.9 Å². The second kappa shape index (κ2) is 4.08. The molecular formula is C7H8BrN3O. The van der Waals surface area contributed by atoms with E-state index in [9.17, 15) is 0 Å². The highest BCUT2D eigenvalue weighted by Crippen LogP contribution is 2.23. The highest BCUT2D eigenvalue weighted by atomic mass is 79.9. The maximum atomic E-state index is 8.37. The summed E-state index contributed by atoms with van der Waals surface area (Å²) in [4.78, 5) is 3.86. The van der Waals surface area contributed by atoms with E-state index in [2.05, 4.69) is 20.9 Å². The molecule has 0 spiro atoms. The van der Waals surface area contributed by atoms with Crippen molar-refractivity contribution in [1.82, 2.24) is 5.48 Å². The largest absolute Gasteiger partial charge is 0.368 e. The topological polar surface area (TPSA) is 70.6 Å². The number of nitrogens with one attached hydrogen (secondary N) is 1. The molecule has 0 aromatic heterocycles. The standard InChI is InChI=1S/C7H8BrN3O/c8-5-3-1-2-4-6(5)10-7(9)11-12/h1-4,12H,(H3,9,10,11). The number of hydrogen-bond donors (Lipinski definition) is 3. The number of aliphatic imine (C=N–C) groups is 1. The first-order valence-electron chi connectivity index (χ1n) is 3.23. The fourth-order valence-corrected chi connectivity index (χ4v) is 1.07. The minimum atomic E-state index is -0.0399. The summed E-state index contributed by atoms with van der Waals surface area (Å²) in [5.41, 5.74) is 7.65. The first-order chi connectivity index (χ1) is 5.74. The predicted molar refractivity (Wildman–Crippen MR) is 50.3 cm³/mol. The van der Waals surface area contributed by atoms with Gasteiger partial charge < -0.3 is 5.73 Å². The smallest absolute Gasteiger partial charge is 0.218 e. The van der Waals surface area contributed by atoms with Crippen molar-refractivity contribution in [3.05, 3.63) is 28.7 Å². The monoisotopic (exact) mass is 229 g/mol. The molecule has 0 fully saturated rings. The molecule has 0 aliphatic carbocycles. The summed E-state index contributed by atoms with van der Waals surface area (Å²) in [5.74, 6) is -0.0399. The van der Waals surface area contributed by atoms with E-state index in [1.807, 2.05) is 18.2 Å². The quantitative estimate of drug-likeness (QED) is 0.387. The Kier molecular flexibility index (Phi) is 3.07. The SMILES string of the molecule is NC(=Nc1ccccc1Br)NO. The minimum Gasteiger partial charge on any atom is -0.368 e. The Labute approximate surface area is 78.2 Å². The zero-order chi connectivity index (χ0) is 8.97. The first kappa shape index (κ1) is 9.02. The summed E-state index contributed by atoms with van der Waals surface area (Å²) >= 11 is 3.28. The van der Waals surface area contributed by atoms with E-state index in [4.69, 9.17) is 10.9 Å².